The first-order valence-electron chi connectivity index (χ1n) is 4.82. The summed E-state index contributed by atoms with van der Waals surface area (Å²) in [6.07, 6.45) is 0. The van der Waals surface area contributed by atoms with Gasteiger partial charge >= 0.3 is 0 Å². The molecule has 15 heavy (non-hydrogen) atoms. The van der Waals surface area contributed by atoms with Gasteiger partial charge in [0.2, 0.25) is 0 Å². The average molecular weight is 203 g/mol. The molecule has 0 amide bonds. The minimum absolute atomic E-state index is 0.261. The van der Waals surface area contributed by atoms with Gasteiger partial charge in [0.05, 0.1) is 11.3 Å². The highest BCUT2D eigenvalue weighted by Gasteiger charge is 2.11. The van der Waals surface area contributed by atoms with Crippen LogP contribution in [-0.4, -0.2) is 10.3 Å². The number of hydrogen-bond acceptors (Lipinski definition) is 3. The van der Waals surface area contributed by atoms with Crippen LogP contribution in [0.1, 0.15) is 16.8 Å². The number of benzene rings is 1. The molecule has 3 nitrogen and oxygen atoms in total. The van der Waals surface area contributed by atoms with E-state index in [4.69, 9.17) is 4.52 Å². The monoisotopic (exact) mass is 203 g/mol. The van der Waals surface area contributed by atoms with Crippen molar-refractivity contribution in [1.29, 1.82) is 0 Å². The van der Waals surface area contributed by atoms with E-state index in [1.165, 1.54) is 0 Å². The fourth-order valence-corrected chi connectivity index (χ4v) is 1.64. The second kappa shape index (κ2) is 3.42. The summed E-state index contributed by atoms with van der Waals surface area (Å²) in [4.78, 5) is 0. The zero-order valence-electron chi connectivity index (χ0n) is 9.03. The van der Waals surface area contributed by atoms with Crippen LogP contribution >= 0.6 is 0 Å². The lowest BCUT2D eigenvalue weighted by molar-refractivity contribution is 0.421. The van der Waals surface area contributed by atoms with Gasteiger partial charge in [-0.1, -0.05) is 11.2 Å². The predicted octanol–water partition coefficient (Wildman–Crippen LogP) is 2.97. The van der Waals surface area contributed by atoms with Gasteiger partial charge in [0.15, 0.2) is 5.76 Å². The number of phenolic OH excluding ortho intramolecular Hbond substituents is 1. The Bertz CT molecular complexity index is 500. The molecule has 78 valence electrons. The summed E-state index contributed by atoms with van der Waals surface area (Å²) in [5.41, 5.74) is 3.45. The third kappa shape index (κ3) is 1.73. The van der Waals surface area contributed by atoms with Crippen molar-refractivity contribution < 1.29 is 9.63 Å². The van der Waals surface area contributed by atoms with E-state index < -0.39 is 0 Å². The van der Waals surface area contributed by atoms with Crippen LogP contribution in [0.2, 0.25) is 0 Å². The Balaban J connectivity index is 2.62. The van der Waals surface area contributed by atoms with E-state index in [1.54, 1.807) is 0 Å². The lowest BCUT2D eigenvalue weighted by atomic mass is 10.0. The van der Waals surface area contributed by atoms with E-state index >= 15 is 0 Å². The highest BCUT2D eigenvalue weighted by Crippen LogP contribution is 2.33. The summed E-state index contributed by atoms with van der Waals surface area (Å²) < 4.78 is 5.13. The molecular formula is C12H13NO2. The third-order valence-corrected chi connectivity index (χ3v) is 2.34. The summed E-state index contributed by atoms with van der Waals surface area (Å²) in [6.45, 7) is 5.71. The van der Waals surface area contributed by atoms with Crippen molar-refractivity contribution in [2.75, 3.05) is 0 Å². The molecule has 2 aromatic rings. The van der Waals surface area contributed by atoms with E-state index in [2.05, 4.69) is 5.16 Å². The predicted molar refractivity (Wildman–Crippen MR) is 57.8 cm³/mol. The molecule has 3 heteroatoms. The maximum Gasteiger partial charge on any atom is 0.170 e. The minimum Gasteiger partial charge on any atom is -0.507 e. The van der Waals surface area contributed by atoms with Gasteiger partial charge in [-0.15, -0.1) is 0 Å². The average Bonchev–Trinajstić information content (AvgIpc) is 2.58. The molecule has 0 aliphatic carbocycles. The van der Waals surface area contributed by atoms with Crippen molar-refractivity contribution in [2.24, 2.45) is 0 Å². The van der Waals surface area contributed by atoms with Gasteiger partial charge in [-0.25, -0.2) is 0 Å². The van der Waals surface area contributed by atoms with Gasteiger partial charge in [0, 0.05) is 6.07 Å². The molecule has 0 fully saturated rings. The highest BCUT2D eigenvalue weighted by atomic mass is 16.5. The van der Waals surface area contributed by atoms with Crippen molar-refractivity contribution in [3.63, 3.8) is 0 Å². The number of aryl methyl sites for hydroxylation is 3. The van der Waals surface area contributed by atoms with Crippen molar-refractivity contribution in [3.05, 3.63) is 35.0 Å². The Kier molecular flexibility index (Phi) is 2.23. The van der Waals surface area contributed by atoms with E-state index in [1.807, 2.05) is 39.0 Å². The normalized spacial score (nSPS) is 10.6. The SMILES string of the molecule is Cc1cc(C)c(O)c(-c2cc(C)no2)c1. The zero-order chi connectivity index (χ0) is 11.0. The molecule has 1 aromatic heterocycles. The molecule has 0 radical (unpaired) electrons. The molecule has 0 saturated carbocycles. The van der Waals surface area contributed by atoms with Gasteiger partial charge < -0.3 is 9.63 Å². The number of rotatable bonds is 1. The van der Waals surface area contributed by atoms with Crippen molar-refractivity contribution in [2.45, 2.75) is 20.8 Å². The van der Waals surface area contributed by atoms with Crippen molar-refractivity contribution in [1.82, 2.24) is 5.16 Å². The maximum atomic E-state index is 9.90. The number of phenols is 1. The Morgan fingerprint density at radius 2 is 1.87 bits per heavy atom. The fraction of sp³-hybridized carbons (Fsp3) is 0.250. The molecule has 1 heterocycles. The topological polar surface area (TPSA) is 46.3 Å². The van der Waals surface area contributed by atoms with Gasteiger partial charge in [-0.05, 0) is 38.0 Å². The molecule has 0 saturated heterocycles. The van der Waals surface area contributed by atoms with Gasteiger partial charge in [0.1, 0.15) is 5.75 Å². The van der Waals surface area contributed by atoms with Crippen LogP contribution in [0.3, 0.4) is 0 Å². The smallest absolute Gasteiger partial charge is 0.170 e. The van der Waals surface area contributed by atoms with Crippen LogP contribution in [0.4, 0.5) is 0 Å². The first-order valence-corrected chi connectivity index (χ1v) is 4.82. The molecule has 1 aromatic carbocycles. The van der Waals surface area contributed by atoms with Crippen LogP contribution in [0.15, 0.2) is 22.7 Å². The quantitative estimate of drug-likeness (QED) is 0.775. The van der Waals surface area contributed by atoms with E-state index in [0.29, 0.717) is 11.3 Å². The van der Waals surface area contributed by atoms with Gasteiger partial charge in [-0.3, -0.25) is 0 Å². The van der Waals surface area contributed by atoms with Crippen LogP contribution in [-0.2, 0) is 0 Å². The van der Waals surface area contributed by atoms with Crippen LogP contribution < -0.4 is 0 Å². The van der Waals surface area contributed by atoms with E-state index in [0.717, 1.165) is 16.8 Å². The number of hydrogen-bond donors (Lipinski definition) is 1. The minimum atomic E-state index is 0.261. The molecular weight excluding hydrogens is 190 g/mol. The number of nitrogens with zero attached hydrogens (tertiary/aromatic N) is 1. The van der Waals surface area contributed by atoms with E-state index in [-0.39, 0.29) is 5.75 Å². The van der Waals surface area contributed by atoms with Gasteiger partial charge in [0.25, 0.3) is 0 Å². The highest BCUT2D eigenvalue weighted by molar-refractivity contribution is 5.68. The summed E-state index contributed by atoms with van der Waals surface area (Å²) >= 11 is 0. The van der Waals surface area contributed by atoms with Gasteiger partial charge in [-0.2, -0.15) is 0 Å². The standard InChI is InChI=1S/C12H13NO2/c1-7-4-8(2)12(14)10(5-7)11-6-9(3)13-15-11/h4-6,14H,1-3H3. The Morgan fingerprint density at radius 3 is 2.47 bits per heavy atom. The Morgan fingerprint density at radius 1 is 1.13 bits per heavy atom. The summed E-state index contributed by atoms with van der Waals surface area (Å²) in [5, 5.41) is 13.7. The molecule has 0 aliphatic heterocycles. The Hall–Kier alpha value is -1.77. The first-order chi connectivity index (χ1) is 7.08. The number of aromatic hydroxyl groups is 1. The summed E-state index contributed by atoms with van der Waals surface area (Å²) in [6, 6.07) is 5.64. The molecule has 1 N–H and O–H groups in total. The zero-order valence-corrected chi connectivity index (χ0v) is 9.03. The second-order valence-electron chi connectivity index (χ2n) is 3.81. The molecule has 0 atom stereocenters. The second-order valence-corrected chi connectivity index (χ2v) is 3.81. The largest absolute Gasteiger partial charge is 0.507 e. The Labute approximate surface area is 88.3 Å². The summed E-state index contributed by atoms with van der Waals surface area (Å²) in [5.74, 6) is 0.869. The molecule has 2 rings (SSSR count). The van der Waals surface area contributed by atoms with Crippen molar-refractivity contribution >= 4 is 0 Å². The fourth-order valence-electron chi connectivity index (χ4n) is 1.64. The first kappa shape index (κ1) is 9.77. The van der Waals surface area contributed by atoms with Crippen LogP contribution in [0.5, 0.6) is 5.75 Å². The van der Waals surface area contributed by atoms with Crippen molar-refractivity contribution in [3.8, 4) is 17.1 Å². The molecule has 0 unspecified atom stereocenters. The molecule has 0 spiro atoms. The maximum absolute atomic E-state index is 9.90. The molecule has 0 aliphatic rings. The third-order valence-electron chi connectivity index (χ3n) is 2.34. The molecule has 0 bridgehead atoms. The van der Waals surface area contributed by atoms with Crippen LogP contribution in [0, 0.1) is 20.8 Å². The lowest BCUT2D eigenvalue weighted by Gasteiger charge is -2.05. The summed E-state index contributed by atoms with van der Waals surface area (Å²) in [7, 11) is 0. The van der Waals surface area contributed by atoms with E-state index in [9.17, 15) is 5.11 Å². The lowest BCUT2D eigenvalue weighted by Crippen LogP contribution is -1.83. The van der Waals surface area contributed by atoms with Crippen LogP contribution in [0.25, 0.3) is 11.3 Å². The number of aromatic nitrogens is 1.